The van der Waals surface area contributed by atoms with E-state index in [9.17, 15) is 5.11 Å². The molecule has 3 heteroatoms. The minimum absolute atomic E-state index is 0.0297. The molecule has 1 atom stereocenters. The average molecular weight is 188 g/mol. The lowest BCUT2D eigenvalue weighted by atomic mass is 9.85. The molecule has 1 aromatic rings. The zero-order chi connectivity index (χ0) is 10.1. The van der Waals surface area contributed by atoms with E-state index in [0.29, 0.717) is 5.56 Å². The fraction of sp³-hybridized carbons (Fsp3) is 0.364. The van der Waals surface area contributed by atoms with E-state index in [1.165, 1.54) is 6.07 Å². The van der Waals surface area contributed by atoms with Crippen molar-refractivity contribution in [3.8, 4) is 11.8 Å². The van der Waals surface area contributed by atoms with Gasteiger partial charge in [-0.3, -0.25) is 0 Å². The number of phenols is 1. The first kappa shape index (κ1) is 9.04. The fourth-order valence-corrected chi connectivity index (χ4v) is 2.04. The van der Waals surface area contributed by atoms with Crippen molar-refractivity contribution in [2.45, 2.75) is 25.3 Å². The Bertz CT molecular complexity index is 406. The van der Waals surface area contributed by atoms with Crippen molar-refractivity contribution in [2.24, 2.45) is 5.73 Å². The Morgan fingerprint density at radius 2 is 2.29 bits per heavy atom. The minimum atomic E-state index is -0.0297. The van der Waals surface area contributed by atoms with Crippen LogP contribution < -0.4 is 5.73 Å². The van der Waals surface area contributed by atoms with E-state index in [4.69, 9.17) is 11.0 Å². The fourth-order valence-electron chi connectivity index (χ4n) is 2.04. The molecule has 2 rings (SSSR count). The Morgan fingerprint density at radius 3 is 3.00 bits per heavy atom. The van der Waals surface area contributed by atoms with E-state index in [1.54, 1.807) is 6.07 Å². The van der Waals surface area contributed by atoms with Gasteiger partial charge >= 0.3 is 0 Å². The maximum Gasteiger partial charge on any atom is 0.117 e. The monoisotopic (exact) mass is 188 g/mol. The molecule has 1 aliphatic carbocycles. The first-order valence-corrected chi connectivity index (χ1v) is 4.74. The van der Waals surface area contributed by atoms with Crippen LogP contribution in [0.25, 0.3) is 0 Å². The van der Waals surface area contributed by atoms with Gasteiger partial charge in [-0.25, -0.2) is 0 Å². The van der Waals surface area contributed by atoms with Gasteiger partial charge in [-0.2, -0.15) is 5.26 Å². The summed E-state index contributed by atoms with van der Waals surface area (Å²) in [4.78, 5) is 0. The van der Waals surface area contributed by atoms with Gasteiger partial charge in [-0.15, -0.1) is 0 Å². The summed E-state index contributed by atoms with van der Waals surface area (Å²) < 4.78 is 0. The standard InChI is InChI=1S/C11H12N2O/c12-6-7-4-8(14)5-10-9(7)2-1-3-11(10)13/h4-5,11,14H,1-3,13H2. The number of fused-ring (bicyclic) bond motifs is 1. The Hall–Kier alpha value is -1.53. The zero-order valence-electron chi connectivity index (χ0n) is 7.83. The number of nitrogens with two attached hydrogens (primary N) is 1. The van der Waals surface area contributed by atoms with Crippen molar-refractivity contribution in [3.05, 3.63) is 28.8 Å². The summed E-state index contributed by atoms with van der Waals surface area (Å²) >= 11 is 0. The summed E-state index contributed by atoms with van der Waals surface area (Å²) in [5, 5.41) is 18.3. The highest BCUT2D eigenvalue weighted by atomic mass is 16.3. The molecule has 0 saturated heterocycles. The Labute approximate surface area is 82.8 Å². The molecular weight excluding hydrogens is 176 g/mol. The molecule has 3 nitrogen and oxygen atoms in total. The van der Waals surface area contributed by atoms with Crippen molar-refractivity contribution >= 4 is 0 Å². The van der Waals surface area contributed by atoms with Crippen molar-refractivity contribution in [1.82, 2.24) is 0 Å². The second kappa shape index (κ2) is 3.32. The lowest BCUT2D eigenvalue weighted by Gasteiger charge is -2.23. The van der Waals surface area contributed by atoms with Gasteiger partial charge in [0.15, 0.2) is 0 Å². The van der Waals surface area contributed by atoms with Crippen LogP contribution >= 0.6 is 0 Å². The van der Waals surface area contributed by atoms with Crippen LogP contribution in [0.5, 0.6) is 5.75 Å². The number of benzene rings is 1. The average Bonchev–Trinajstić information content (AvgIpc) is 2.18. The van der Waals surface area contributed by atoms with Crippen LogP contribution in [-0.2, 0) is 6.42 Å². The number of nitrogens with zero attached hydrogens (tertiary/aromatic N) is 1. The maximum atomic E-state index is 9.41. The summed E-state index contributed by atoms with van der Waals surface area (Å²) in [6.45, 7) is 0. The molecule has 0 amide bonds. The van der Waals surface area contributed by atoms with E-state index in [2.05, 4.69) is 6.07 Å². The molecule has 0 aromatic heterocycles. The molecule has 0 fully saturated rings. The molecule has 0 heterocycles. The Morgan fingerprint density at radius 1 is 1.50 bits per heavy atom. The van der Waals surface area contributed by atoms with Gasteiger partial charge in [0, 0.05) is 6.04 Å². The third-order valence-electron chi connectivity index (χ3n) is 2.73. The molecule has 14 heavy (non-hydrogen) atoms. The second-order valence-electron chi connectivity index (χ2n) is 3.67. The second-order valence-corrected chi connectivity index (χ2v) is 3.67. The first-order valence-electron chi connectivity index (χ1n) is 4.74. The van der Waals surface area contributed by atoms with Crippen molar-refractivity contribution in [1.29, 1.82) is 5.26 Å². The predicted octanol–water partition coefficient (Wildman–Crippen LogP) is 1.60. The highest BCUT2D eigenvalue weighted by Gasteiger charge is 2.20. The normalized spacial score (nSPS) is 19.9. The summed E-state index contributed by atoms with van der Waals surface area (Å²) in [6.07, 6.45) is 2.85. The number of hydrogen-bond acceptors (Lipinski definition) is 3. The van der Waals surface area contributed by atoms with Crippen LogP contribution in [0.3, 0.4) is 0 Å². The summed E-state index contributed by atoms with van der Waals surface area (Å²) in [5.41, 5.74) is 8.44. The smallest absolute Gasteiger partial charge is 0.117 e. The number of aromatic hydroxyl groups is 1. The third kappa shape index (κ3) is 1.34. The number of rotatable bonds is 0. The molecular formula is C11H12N2O. The summed E-state index contributed by atoms with van der Waals surface area (Å²) in [6, 6.07) is 5.26. The molecule has 0 aliphatic heterocycles. The molecule has 0 bridgehead atoms. The summed E-state index contributed by atoms with van der Waals surface area (Å²) in [5.74, 6) is 0.137. The van der Waals surface area contributed by atoms with Crippen LogP contribution in [0.15, 0.2) is 12.1 Å². The minimum Gasteiger partial charge on any atom is -0.508 e. The Balaban J connectivity index is 2.62. The van der Waals surface area contributed by atoms with E-state index in [-0.39, 0.29) is 11.8 Å². The number of phenolic OH excluding ortho intramolecular Hbond substituents is 1. The summed E-state index contributed by atoms with van der Waals surface area (Å²) in [7, 11) is 0. The quantitative estimate of drug-likeness (QED) is 0.649. The lowest BCUT2D eigenvalue weighted by Crippen LogP contribution is -2.18. The number of nitriles is 1. The van der Waals surface area contributed by atoms with Crippen LogP contribution in [0.4, 0.5) is 0 Å². The van der Waals surface area contributed by atoms with Gasteiger partial charge in [0.2, 0.25) is 0 Å². The largest absolute Gasteiger partial charge is 0.508 e. The molecule has 1 unspecified atom stereocenters. The van der Waals surface area contributed by atoms with Gasteiger partial charge in [0.25, 0.3) is 0 Å². The predicted molar refractivity (Wildman–Crippen MR) is 52.7 cm³/mol. The van der Waals surface area contributed by atoms with E-state index in [1.807, 2.05) is 0 Å². The van der Waals surface area contributed by atoms with Gasteiger partial charge < -0.3 is 10.8 Å². The molecule has 1 aromatic carbocycles. The van der Waals surface area contributed by atoms with Gasteiger partial charge in [0.1, 0.15) is 5.75 Å². The van der Waals surface area contributed by atoms with Gasteiger partial charge in [0.05, 0.1) is 11.6 Å². The van der Waals surface area contributed by atoms with Crippen molar-refractivity contribution in [2.75, 3.05) is 0 Å². The van der Waals surface area contributed by atoms with E-state index >= 15 is 0 Å². The van der Waals surface area contributed by atoms with Crippen LogP contribution in [0.1, 0.15) is 35.6 Å². The SMILES string of the molecule is N#Cc1cc(O)cc2c1CCCC2N. The first-order chi connectivity index (χ1) is 6.72. The lowest BCUT2D eigenvalue weighted by molar-refractivity contribution is 0.470. The molecule has 72 valence electrons. The highest BCUT2D eigenvalue weighted by Crippen LogP contribution is 2.32. The van der Waals surface area contributed by atoms with Crippen LogP contribution in [0, 0.1) is 11.3 Å². The third-order valence-corrected chi connectivity index (χ3v) is 2.73. The molecule has 0 spiro atoms. The van der Waals surface area contributed by atoms with E-state index < -0.39 is 0 Å². The highest BCUT2D eigenvalue weighted by molar-refractivity contribution is 5.49. The van der Waals surface area contributed by atoms with Crippen molar-refractivity contribution in [3.63, 3.8) is 0 Å². The van der Waals surface area contributed by atoms with Gasteiger partial charge in [-0.05, 0) is 42.5 Å². The number of hydrogen-bond donors (Lipinski definition) is 2. The molecule has 0 saturated carbocycles. The zero-order valence-corrected chi connectivity index (χ0v) is 7.83. The van der Waals surface area contributed by atoms with Gasteiger partial charge in [-0.1, -0.05) is 0 Å². The van der Waals surface area contributed by atoms with Crippen molar-refractivity contribution < 1.29 is 5.11 Å². The maximum absolute atomic E-state index is 9.41. The van der Waals surface area contributed by atoms with E-state index in [0.717, 1.165) is 30.4 Å². The molecule has 0 radical (unpaired) electrons. The van der Waals surface area contributed by atoms with Crippen LogP contribution in [-0.4, -0.2) is 5.11 Å². The molecule has 3 N–H and O–H groups in total. The topological polar surface area (TPSA) is 70.0 Å². The molecule has 1 aliphatic rings. The van der Waals surface area contributed by atoms with Crippen LogP contribution in [0.2, 0.25) is 0 Å². The Kier molecular flexibility index (Phi) is 2.14.